The Bertz CT molecular complexity index is 1060. The van der Waals surface area contributed by atoms with Crippen LogP contribution in [0.25, 0.3) is 22.4 Å². The number of fused-ring (bicyclic) bond motifs is 3. The molecule has 3 aromatic rings. The van der Waals surface area contributed by atoms with Gasteiger partial charge in [0.1, 0.15) is 5.69 Å². The summed E-state index contributed by atoms with van der Waals surface area (Å²) in [6.07, 6.45) is 0.640. The maximum Gasteiger partial charge on any atom is 0.358 e. The van der Waals surface area contributed by atoms with Crippen LogP contribution in [-0.2, 0) is 11.2 Å². The number of methoxy groups -OCH3 is 1. The second-order valence-electron chi connectivity index (χ2n) is 6.60. The molecule has 130 valence electrons. The fourth-order valence-electron chi connectivity index (χ4n) is 3.60. The van der Waals surface area contributed by atoms with E-state index in [1.807, 2.05) is 25.1 Å². The Labute approximate surface area is 151 Å². The number of esters is 1. The number of benzene rings is 2. The lowest BCUT2D eigenvalue weighted by Gasteiger charge is -2.13. The van der Waals surface area contributed by atoms with E-state index < -0.39 is 5.97 Å². The number of carbonyl (C=O) groups excluding carboxylic acids is 1. The lowest BCUT2D eigenvalue weighted by atomic mass is 9.95. The summed E-state index contributed by atoms with van der Waals surface area (Å²) in [7, 11) is 1.36. The smallest absolute Gasteiger partial charge is 0.358 e. The number of nitrogen functional groups attached to an aromatic ring is 1. The average Bonchev–Trinajstić information content (AvgIpc) is 3.01. The van der Waals surface area contributed by atoms with Gasteiger partial charge in [-0.2, -0.15) is 0 Å². The molecule has 1 aliphatic carbocycles. The van der Waals surface area contributed by atoms with Crippen molar-refractivity contribution in [3.63, 3.8) is 0 Å². The first-order chi connectivity index (χ1) is 12.5. The van der Waals surface area contributed by atoms with Crippen LogP contribution in [0.3, 0.4) is 0 Å². The quantitative estimate of drug-likeness (QED) is 0.443. The third kappa shape index (κ3) is 2.36. The summed E-state index contributed by atoms with van der Waals surface area (Å²) in [6.45, 7) is 4.03. The number of rotatable bonds is 2. The van der Waals surface area contributed by atoms with Gasteiger partial charge in [0.2, 0.25) is 0 Å². The van der Waals surface area contributed by atoms with Crippen molar-refractivity contribution < 1.29 is 9.53 Å². The number of nitrogens with two attached hydrogens (primary N) is 1. The number of aromatic nitrogens is 2. The van der Waals surface area contributed by atoms with E-state index in [1.54, 1.807) is 0 Å². The molecule has 0 amide bonds. The van der Waals surface area contributed by atoms with Gasteiger partial charge in [-0.1, -0.05) is 35.9 Å². The van der Waals surface area contributed by atoms with Gasteiger partial charge in [0, 0.05) is 28.8 Å². The zero-order chi connectivity index (χ0) is 18.4. The van der Waals surface area contributed by atoms with Gasteiger partial charge in [-0.05, 0) is 36.6 Å². The van der Waals surface area contributed by atoms with Gasteiger partial charge in [0.15, 0.2) is 5.69 Å². The number of carbonyl (C=O) groups is 1. The Kier molecular flexibility index (Phi) is 3.72. The van der Waals surface area contributed by atoms with Crippen LogP contribution in [0, 0.1) is 13.8 Å². The zero-order valence-electron chi connectivity index (χ0n) is 15.0. The number of anilines is 1. The Hall–Kier alpha value is -3.21. The highest BCUT2D eigenvalue weighted by atomic mass is 16.5. The Morgan fingerprint density at radius 3 is 2.69 bits per heavy atom. The molecular formula is C21H19N3O2. The molecule has 0 unspecified atom stereocenters. The summed E-state index contributed by atoms with van der Waals surface area (Å²) in [5.74, 6) is -0.464. The Balaban J connectivity index is 2.04. The van der Waals surface area contributed by atoms with Gasteiger partial charge in [-0.25, -0.2) is 4.79 Å². The molecule has 4 rings (SSSR count). The molecule has 0 radical (unpaired) electrons. The topological polar surface area (TPSA) is 78.1 Å². The van der Waals surface area contributed by atoms with Crippen molar-refractivity contribution in [3.05, 3.63) is 64.3 Å². The molecule has 5 nitrogen and oxygen atoms in total. The van der Waals surface area contributed by atoms with Crippen LogP contribution in [0.1, 0.15) is 32.7 Å². The first kappa shape index (κ1) is 16.3. The number of hydrogen-bond donors (Lipinski definition) is 1. The van der Waals surface area contributed by atoms with Crippen LogP contribution in [-0.4, -0.2) is 23.3 Å². The average molecular weight is 345 g/mol. The molecular weight excluding hydrogens is 326 g/mol. The molecule has 0 spiro atoms. The highest BCUT2D eigenvalue weighted by Gasteiger charge is 2.30. The van der Waals surface area contributed by atoms with Crippen molar-refractivity contribution in [2.45, 2.75) is 20.3 Å². The Morgan fingerprint density at radius 2 is 1.92 bits per heavy atom. The van der Waals surface area contributed by atoms with Gasteiger partial charge in [-0.15, -0.1) is 10.2 Å². The second kappa shape index (κ2) is 5.95. The molecule has 0 atom stereocenters. The number of hydrogen-bond acceptors (Lipinski definition) is 5. The van der Waals surface area contributed by atoms with Crippen LogP contribution in [0.15, 0.2) is 36.4 Å². The fraction of sp³-hybridized carbons (Fsp3) is 0.190. The van der Waals surface area contributed by atoms with E-state index in [1.165, 1.54) is 18.2 Å². The largest absolute Gasteiger partial charge is 0.464 e. The lowest BCUT2D eigenvalue weighted by Crippen LogP contribution is -2.11. The van der Waals surface area contributed by atoms with E-state index in [2.05, 4.69) is 35.3 Å². The lowest BCUT2D eigenvalue weighted by molar-refractivity contribution is 0.0591. The van der Waals surface area contributed by atoms with E-state index in [9.17, 15) is 4.79 Å². The molecule has 0 saturated carbocycles. The summed E-state index contributed by atoms with van der Waals surface area (Å²) in [6, 6.07) is 12.1. The van der Waals surface area contributed by atoms with Gasteiger partial charge < -0.3 is 10.5 Å². The van der Waals surface area contributed by atoms with E-state index in [-0.39, 0.29) is 5.69 Å². The molecule has 1 aromatic heterocycles. The minimum atomic E-state index is -0.464. The normalized spacial score (nSPS) is 11.8. The van der Waals surface area contributed by atoms with E-state index in [0.29, 0.717) is 12.1 Å². The van der Waals surface area contributed by atoms with Crippen molar-refractivity contribution in [2.75, 3.05) is 12.8 Å². The van der Waals surface area contributed by atoms with Crippen molar-refractivity contribution in [1.82, 2.24) is 10.2 Å². The van der Waals surface area contributed by atoms with Crippen LogP contribution in [0.5, 0.6) is 0 Å². The number of nitrogens with zero attached hydrogens (tertiary/aromatic N) is 2. The maximum atomic E-state index is 12.2. The molecule has 0 saturated heterocycles. The van der Waals surface area contributed by atoms with E-state index >= 15 is 0 Å². The minimum absolute atomic E-state index is 0.279. The van der Waals surface area contributed by atoms with Gasteiger partial charge in [-0.3, -0.25) is 0 Å². The first-order valence-electron chi connectivity index (χ1n) is 8.44. The summed E-state index contributed by atoms with van der Waals surface area (Å²) in [5, 5.41) is 8.61. The fourth-order valence-corrected chi connectivity index (χ4v) is 3.60. The van der Waals surface area contributed by atoms with Gasteiger partial charge in [0.05, 0.1) is 7.11 Å². The SMILES string of the molecule is COC(=O)c1nnc(-c2cccc(N)c2C)c2c1Cc1cc(C)ccc1-2. The van der Waals surface area contributed by atoms with Crippen LogP contribution < -0.4 is 5.73 Å². The van der Waals surface area contributed by atoms with Crippen LogP contribution >= 0.6 is 0 Å². The minimum Gasteiger partial charge on any atom is -0.464 e. The van der Waals surface area contributed by atoms with Crippen LogP contribution in [0.2, 0.25) is 0 Å². The second-order valence-corrected chi connectivity index (χ2v) is 6.60. The van der Waals surface area contributed by atoms with Gasteiger partial charge >= 0.3 is 5.97 Å². The molecule has 0 aliphatic heterocycles. The summed E-state index contributed by atoms with van der Waals surface area (Å²) >= 11 is 0. The zero-order valence-corrected chi connectivity index (χ0v) is 15.0. The standard InChI is InChI=1S/C21H19N3O2/c1-11-7-8-15-13(9-11)10-16-18(15)19(23-24-20(16)21(25)26-3)14-5-4-6-17(22)12(14)2/h4-9H,10,22H2,1-3H3. The van der Waals surface area contributed by atoms with Crippen LogP contribution in [0.4, 0.5) is 5.69 Å². The third-order valence-corrected chi connectivity index (χ3v) is 4.98. The van der Waals surface area contributed by atoms with Crippen molar-refractivity contribution >= 4 is 11.7 Å². The molecule has 26 heavy (non-hydrogen) atoms. The van der Waals surface area contributed by atoms with Crippen molar-refractivity contribution in [2.24, 2.45) is 0 Å². The highest BCUT2D eigenvalue weighted by Crippen LogP contribution is 2.44. The molecule has 5 heteroatoms. The predicted octanol–water partition coefficient (Wildman–Crippen LogP) is 3.70. The summed E-state index contributed by atoms with van der Waals surface area (Å²) in [5.41, 5.74) is 15.0. The monoisotopic (exact) mass is 345 g/mol. The molecule has 2 N–H and O–H groups in total. The molecule has 1 aliphatic rings. The van der Waals surface area contributed by atoms with Crippen molar-refractivity contribution in [3.8, 4) is 22.4 Å². The maximum absolute atomic E-state index is 12.2. The molecule has 0 bridgehead atoms. The van der Waals surface area contributed by atoms with E-state index in [0.717, 1.165) is 33.5 Å². The van der Waals surface area contributed by atoms with Crippen molar-refractivity contribution in [1.29, 1.82) is 0 Å². The highest BCUT2D eigenvalue weighted by molar-refractivity contribution is 5.97. The third-order valence-electron chi connectivity index (χ3n) is 4.98. The summed E-state index contributed by atoms with van der Waals surface area (Å²) in [4.78, 5) is 12.2. The number of aryl methyl sites for hydroxylation is 1. The van der Waals surface area contributed by atoms with E-state index in [4.69, 9.17) is 10.5 Å². The molecule has 0 fully saturated rings. The first-order valence-corrected chi connectivity index (χ1v) is 8.44. The number of ether oxygens (including phenoxy) is 1. The van der Waals surface area contributed by atoms with Gasteiger partial charge in [0.25, 0.3) is 0 Å². The molecule has 1 heterocycles. The predicted molar refractivity (Wildman–Crippen MR) is 101 cm³/mol. The summed E-state index contributed by atoms with van der Waals surface area (Å²) < 4.78 is 4.91. The Morgan fingerprint density at radius 1 is 1.12 bits per heavy atom. The molecule has 2 aromatic carbocycles.